The van der Waals surface area contributed by atoms with Gasteiger partial charge in [-0.05, 0) is 12.8 Å². The van der Waals surface area contributed by atoms with Gasteiger partial charge in [0.2, 0.25) is 0 Å². The second kappa shape index (κ2) is 5.13. The van der Waals surface area contributed by atoms with Gasteiger partial charge >= 0.3 is 0 Å². The Morgan fingerprint density at radius 2 is 2.11 bits per heavy atom. The summed E-state index contributed by atoms with van der Waals surface area (Å²) in [5, 5.41) is 18.6. The molecule has 6 nitrogen and oxygen atoms in total. The molecule has 6 heteroatoms. The smallest absolute Gasteiger partial charge is 0.163 e. The van der Waals surface area contributed by atoms with Crippen molar-refractivity contribution in [3.63, 3.8) is 0 Å². The number of anilines is 1. The minimum absolute atomic E-state index is 0.0702. The van der Waals surface area contributed by atoms with Crippen LogP contribution in [-0.2, 0) is 7.05 Å². The molecule has 1 fully saturated rings. The summed E-state index contributed by atoms with van der Waals surface area (Å²) >= 11 is 0. The highest BCUT2D eigenvalue weighted by Crippen LogP contribution is 2.24. The fraction of sp³-hybridized carbons (Fsp3) is 0.615. The van der Waals surface area contributed by atoms with Crippen LogP contribution in [-0.4, -0.2) is 37.0 Å². The molecule has 0 aromatic carbocycles. The lowest BCUT2D eigenvalue weighted by atomic mass is 10.1. The van der Waals surface area contributed by atoms with E-state index in [9.17, 15) is 5.11 Å². The van der Waals surface area contributed by atoms with Gasteiger partial charge in [0.25, 0.3) is 0 Å². The zero-order chi connectivity index (χ0) is 13.2. The Balaban J connectivity index is 1.88. The van der Waals surface area contributed by atoms with Gasteiger partial charge in [-0.2, -0.15) is 5.10 Å². The van der Waals surface area contributed by atoms with Crippen molar-refractivity contribution in [3.05, 3.63) is 12.5 Å². The Morgan fingerprint density at radius 1 is 1.26 bits per heavy atom. The number of hydrogen-bond acceptors (Lipinski definition) is 5. The summed E-state index contributed by atoms with van der Waals surface area (Å²) in [7, 11) is 1.86. The average Bonchev–Trinajstić information content (AvgIpc) is 2.67. The second-order valence-corrected chi connectivity index (χ2v) is 5.18. The third kappa shape index (κ3) is 2.40. The second-order valence-electron chi connectivity index (χ2n) is 5.18. The van der Waals surface area contributed by atoms with Crippen molar-refractivity contribution in [2.75, 3.05) is 5.32 Å². The molecule has 2 atom stereocenters. The number of aromatic nitrogens is 4. The van der Waals surface area contributed by atoms with Gasteiger partial charge < -0.3 is 10.4 Å². The van der Waals surface area contributed by atoms with E-state index in [0.717, 1.165) is 42.5 Å². The van der Waals surface area contributed by atoms with Crippen LogP contribution in [0.15, 0.2) is 12.5 Å². The molecular weight excluding hydrogens is 242 g/mol. The predicted molar refractivity (Wildman–Crippen MR) is 72.8 cm³/mol. The summed E-state index contributed by atoms with van der Waals surface area (Å²) in [6.45, 7) is 0. The molecule has 0 bridgehead atoms. The molecule has 1 saturated carbocycles. The zero-order valence-corrected chi connectivity index (χ0v) is 11.1. The van der Waals surface area contributed by atoms with E-state index in [1.54, 1.807) is 10.9 Å². The van der Waals surface area contributed by atoms with Crippen molar-refractivity contribution in [1.29, 1.82) is 0 Å². The van der Waals surface area contributed by atoms with Crippen molar-refractivity contribution in [3.8, 4) is 0 Å². The maximum absolute atomic E-state index is 10.2. The summed E-state index contributed by atoms with van der Waals surface area (Å²) in [5.41, 5.74) is 0.806. The first-order chi connectivity index (χ1) is 9.25. The monoisotopic (exact) mass is 261 g/mol. The minimum atomic E-state index is -0.302. The van der Waals surface area contributed by atoms with E-state index in [4.69, 9.17) is 0 Å². The number of aryl methyl sites for hydroxylation is 1. The lowest BCUT2D eigenvalue weighted by molar-refractivity contribution is 0.144. The summed E-state index contributed by atoms with van der Waals surface area (Å²) in [5.74, 6) is 0.768. The topological polar surface area (TPSA) is 75.9 Å². The van der Waals surface area contributed by atoms with Crippen LogP contribution >= 0.6 is 0 Å². The highest BCUT2D eigenvalue weighted by atomic mass is 16.3. The van der Waals surface area contributed by atoms with Crippen molar-refractivity contribution in [1.82, 2.24) is 19.7 Å². The third-order valence-corrected chi connectivity index (χ3v) is 3.83. The maximum Gasteiger partial charge on any atom is 0.163 e. The quantitative estimate of drug-likeness (QED) is 0.801. The van der Waals surface area contributed by atoms with E-state index in [0.29, 0.717) is 0 Å². The normalized spacial score (nSPS) is 24.3. The molecule has 0 saturated heterocycles. The number of nitrogens with zero attached hydrogens (tertiary/aromatic N) is 4. The molecule has 0 radical (unpaired) electrons. The summed E-state index contributed by atoms with van der Waals surface area (Å²) in [6, 6.07) is 0.0702. The molecule has 19 heavy (non-hydrogen) atoms. The maximum atomic E-state index is 10.2. The Morgan fingerprint density at radius 3 is 3.00 bits per heavy atom. The molecule has 0 aliphatic heterocycles. The lowest BCUT2D eigenvalue weighted by Gasteiger charge is -2.22. The van der Waals surface area contributed by atoms with Crippen LogP contribution in [0.1, 0.15) is 32.1 Å². The van der Waals surface area contributed by atoms with Crippen LogP contribution < -0.4 is 5.32 Å². The number of nitrogens with one attached hydrogen (secondary N) is 1. The van der Waals surface area contributed by atoms with Crippen molar-refractivity contribution in [2.24, 2.45) is 7.05 Å². The Kier molecular flexibility index (Phi) is 3.33. The van der Waals surface area contributed by atoms with Crippen LogP contribution in [0.25, 0.3) is 11.0 Å². The molecule has 2 aromatic heterocycles. The lowest BCUT2D eigenvalue weighted by Crippen LogP contribution is -2.32. The molecule has 2 N–H and O–H groups in total. The van der Waals surface area contributed by atoms with Crippen LogP contribution in [0.4, 0.5) is 5.82 Å². The van der Waals surface area contributed by atoms with E-state index < -0.39 is 0 Å². The molecule has 3 rings (SSSR count). The molecule has 102 valence electrons. The highest BCUT2D eigenvalue weighted by molar-refractivity contribution is 5.86. The van der Waals surface area contributed by atoms with Gasteiger partial charge in [-0.1, -0.05) is 19.3 Å². The van der Waals surface area contributed by atoms with E-state index in [-0.39, 0.29) is 12.1 Å². The first-order valence-corrected chi connectivity index (χ1v) is 6.83. The number of rotatable bonds is 2. The number of hydrogen-bond donors (Lipinski definition) is 2. The van der Waals surface area contributed by atoms with Gasteiger partial charge in [0.05, 0.1) is 23.7 Å². The van der Waals surface area contributed by atoms with Gasteiger partial charge in [0.1, 0.15) is 12.1 Å². The van der Waals surface area contributed by atoms with E-state index in [1.165, 1.54) is 12.7 Å². The molecule has 1 aliphatic carbocycles. The van der Waals surface area contributed by atoms with E-state index in [1.807, 2.05) is 7.05 Å². The summed E-state index contributed by atoms with van der Waals surface area (Å²) < 4.78 is 1.73. The predicted octanol–water partition coefficient (Wildman–Crippen LogP) is 1.47. The molecule has 1 aliphatic rings. The van der Waals surface area contributed by atoms with Gasteiger partial charge in [-0.3, -0.25) is 4.68 Å². The molecule has 2 heterocycles. The van der Waals surface area contributed by atoms with Gasteiger partial charge in [-0.15, -0.1) is 0 Å². The van der Waals surface area contributed by atoms with Gasteiger partial charge in [0, 0.05) is 7.05 Å². The van der Waals surface area contributed by atoms with Crippen molar-refractivity contribution < 1.29 is 5.11 Å². The van der Waals surface area contributed by atoms with Crippen molar-refractivity contribution in [2.45, 2.75) is 44.2 Å². The first kappa shape index (κ1) is 12.3. The van der Waals surface area contributed by atoms with Crippen LogP contribution in [0.5, 0.6) is 0 Å². The first-order valence-electron chi connectivity index (χ1n) is 6.83. The minimum Gasteiger partial charge on any atom is -0.391 e. The summed E-state index contributed by atoms with van der Waals surface area (Å²) in [6.07, 6.45) is 8.29. The summed E-state index contributed by atoms with van der Waals surface area (Å²) in [4.78, 5) is 8.51. The van der Waals surface area contributed by atoms with Gasteiger partial charge in [-0.25, -0.2) is 9.97 Å². The number of aliphatic hydroxyl groups excluding tert-OH is 1. The molecule has 0 amide bonds. The highest BCUT2D eigenvalue weighted by Gasteiger charge is 2.22. The molecular formula is C13H19N5O. The Labute approximate surface area is 111 Å². The van der Waals surface area contributed by atoms with Gasteiger partial charge in [0.15, 0.2) is 5.65 Å². The fourth-order valence-corrected chi connectivity index (χ4v) is 2.71. The van der Waals surface area contributed by atoms with Crippen molar-refractivity contribution >= 4 is 16.9 Å². The standard InChI is InChI=1S/C13H19N5O/c1-18-13-9(7-16-18)12(14-8-15-13)17-10-5-3-2-4-6-11(10)19/h7-8,10-11,19H,2-6H2,1H3,(H,14,15,17). The SMILES string of the molecule is Cn1ncc2c(NC3CCCCCC3O)ncnc21. The van der Waals surface area contributed by atoms with Crippen LogP contribution in [0, 0.1) is 0 Å². The number of fused-ring (bicyclic) bond motifs is 1. The third-order valence-electron chi connectivity index (χ3n) is 3.83. The zero-order valence-electron chi connectivity index (χ0n) is 11.1. The average molecular weight is 261 g/mol. The largest absolute Gasteiger partial charge is 0.391 e. The van der Waals surface area contributed by atoms with E-state index in [2.05, 4.69) is 20.4 Å². The molecule has 0 spiro atoms. The fourth-order valence-electron chi connectivity index (χ4n) is 2.71. The van der Waals surface area contributed by atoms with Crippen LogP contribution in [0.3, 0.4) is 0 Å². The Hall–Kier alpha value is -1.69. The number of aliphatic hydroxyl groups is 1. The Bertz CT molecular complexity index is 567. The van der Waals surface area contributed by atoms with E-state index >= 15 is 0 Å². The molecule has 2 aromatic rings. The molecule has 2 unspecified atom stereocenters. The van der Waals surface area contributed by atoms with Crippen LogP contribution in [0.2, 0.25) is 0 Å².